The van der Waals surface area contributed by atoms with Gasteiger partial charge in [-0.2, -0.15) is 5.26 Å². The molecule has 0 radical (unpaired) electrons. The first-order valence-corrected chi connectivity index (χ1v) is 6.69. The monoisotopic (exact) mass is 253 g/mol. The number of hydrogen-bond donors (Lipinski definition) is 0. The maximum atomic E-state index is 12.2. The Morgan fingerprint density at radius 1 is 1.42 bits per heavy atom. The average Bonchev–Trinajstić information content (AvgIpc) is 2.41. The number of allylic oxidation sites excluding steroid dienone is 1. The summed E-state index contributed by atoms with van der Waals surface area (Å²) in [5.74, 6) is 0.602. The van der Waals surface area contributed by atoms with Gasteiger partial charge in [-0.05, 0) is 29.4 Å². The number of ketones is 1. The smallest absolute Gasteiger partial charge is 0.159 e. The lowest BCUT2D eigenvalue weighted by atomic mass is 9.52. The van der Waals surface area contributed by atoms with Gasteiger partial charge < -0.3 is 0 Å². The highest BCUT2D eigenvalue weighted by atomic mass is 16.1. The molecule has 2 rings (SSSR count). The van der Waals surface area contributed by atoms with E-state index in [0.717, 1.165) is 12.0 Å². The molecule has 2 heteroatoms. The van der Waals surface area contributed by atoms with Crippen molar-refractivity contribution in [2.75, 3.05) is 0 Å². The highest BCUT2D eigenvalue weighted by molar-refractivity contribution is 5.96. The molecule has 1 aromatic carbocycles. The third kappa shape index (κ3) is 2.76. The molecular formula is C17H19NO. The van der Waals surface area contributed by atoms with E-state index in [1.54, 1.807) is 6.08 Å². The second-order valence-corrected chi connectivity index (χ2v) is 5.82. The Bertz CT molecular complexity index is 522. The van der Waals surface area contributed by atoms with Gasteiger partial charge >= 0.3 is 0 Å². The molecule has 1 aliphatic carbocycles. The number of carbonyl (C=O) groups is 1. The third-order valence-electron chi connectivity index (χ3n) is 4.39. The Labute approximate surface area is 114 Å². The minimum Gasteiger partial charge on any atom is -0.295 e. The van der Waals surface area contributed by atoms with Gasteiger partial charge in [0.1, 0.15) is 0 Å². The summed E-state index contributed by atoms with van der Waals surface area (Å²) in [5, 5.41) is 8.76. The fourth-order valence-electron chi connectivity index (χ4n) is 2.81. The standard InChI is InChI=1S/C17H19NO/c1-17(2)14(10-11-18)12-15(17)16(19)9-8-13-6-4-3-5-7-13/h3-9,14-15H,10,12H2,1-2H3/b9-8+/t14-,15-/m0/s1. The predicted molar refractivity (Wildman–Crippen MR) is 76.1 cm³/mol. The number of rotatable bonds is 4. The number of hydrogen-bond acceptors (Lipinski definition) is 2. The summed E-state index contributed by atoms with van der Waals surface area (Å²) in [5.41, 5.74) is 0.995. The molecule has 98 valence electrons. The van der Waals surface area contributed by atoms with Crippen LogP contribution in [0.5, 0.6) is 0 Å². The van der Waals surface area contributed by atoms with Gasteiger partial charge in [0.25, 0.3) is 0 Å². The number of carbonyl (C=O) groups excluding carboxylic acids is 1. The summed E-state index contributed by atoms with van der Waals surface area (Å²) in [7, 11) is 0. The fraction of sp³-hybridized carbons (Fsp3) is 0.412. The number of benzene rings is 1. The van der Waals surface area contributed by atoms with Gasteiger partial charge in [0, 0.05) is 12.3 Å². The molecule has 0 heterocycles. The van der Waals surface area contributed by atoms with Gasteiger partial charge in [0.05, 0.1) is 6.07 Å². The topological polar surface area (TPSA) is 40.9 Å². The maximum Gasteiger partial charge on any atom is 0.159 e. The van der Waals surface area contributed by atoms with Crippen LogP contribution >= 0.6 is 0 Å². The van der Waals surface area contributed by atoms with E-state index in [0.29, 0.717) is 12.3 Å². The van der Waals surface area contributed by atoms with Gasteiger partial charge in [-0.3, -0.25) is 4.79 Å². The zero-order chi connectivity index (χ0) is 13.9. The molecule has 0 unspecified atom stereocenters. The summed E-state index contributed by atoms with van der Waals surface area (Å²) >= 11 is 0. The van der Waals surface area contributed by atoms with Crippen LogP contribution in [-0.4, -0.2) is 5.78 Å². The molecule has 1 aromatic rings. The Kier molecular flexibility index (Phi) is 3.85. The van der Waals surface area contributed by atoms with Crippen LogP contribution in [0.1, 0.15) is 32.3 Å². The molecular weight excluding hydrogens is 234 g/mol. The molecule has 0 spiro atoms. The predicted octanol–water partition coefficient (Wildman–Crippen LogP) is 3.84. The van der Waals surface area contributed by atoms with Gasteiger partial charge in [0.15, 0.2) is 5.78 Å². The van der Waals surface area contributed by atoms with E-state index >= 15 is 0 Å². The van der Waals surface area contributed by atoms with Crippen LogP contribution in [0.2, 0.25) is 0 Å². The molecule has 0 aromatic heterocycles. The first-order valence-electron chi connectivity index (χ1n) is 6.69. The zero-order valence-electron chi connectivity index (χ0n) is 11.5. The molecule has 0 amide bonds. The summed E-state index contributed by atoms with van der Waals surface area (Å²) in [6.45, 7) is 4.19. The van der Waals surface area contributed by atoms with Crippen molar-refractivity contribution < 1.29 is 4.79 Å². The second-order valence-electron chi connectivity index (χ2n) is 5.82. The first kappa shape index (κ1) is 13.5. The zero-order valence-corrected chi connectivity index (χ0v) is 11.5. The molecule has 2 nitrogen and oxygen atoms in total. The molecule has 0 aliphatic heterocycles. The Hall–Kier alpha value is -1.88. The van der Waals surface area contributed by atoms with Gasteiger partial charge in [0.2, 0.25) is 0 Å². The van der Waals surface area contributed by atoms with Crippen molar-refractivity contribution in [1.29, 1.82) is 5.26 Å². The summed E-state index contributed by atoms with van der Waals surface area (Å²) in [4.78, 5) is 12.2. The quantitative estimate of drug-likeness (QED) is 0.765. The van der Waals surface area contributed by atoms with E-state index in [4.69, 9.17) is 5.26 Å². The molecule has 19 heavy (non-hydrogen) atoms. The SMILES string of the molecule is CC1(C)[C@@H](CC#N)C[C@H]1C(=O)/C=C/c1ccccc1. The first-order chi connectivity index (χ1) is 9.05. The lowest BCUT2D eigenvalue weighted by Crippen LogP contribution is -2.48. The Morgan fingerprint density at radius 3 is 2.68 bits per heavy atom. The molecule has 1 saturated carbocycles. The molecule has 2 atom stereocenters. The van der Waals surface area contributed by atoms with Crippen molar-refractivity contribution in [3.63, 3.8) is 0 Å². The highest BCUT2D eigenvalue weighted by Gasteiger charge is 2.50. The Balaban J connectivity index is 1.99. The highest BCUT2D eigenvalue weighted by Crippen LogP contribution is 2.53. The summed E-state index contributed by atoms with van der Waals surface area (Å²) in [6, 6.07) is 12.1. The molecule has 1 aliphatic rings. The second kappa shape index (κ2) is 5.40. The summed E-state index contributed by atoms with van der Waals surface area (Å²) < 4.78 is 0. The third-order valence-corrected chi connectivity index (χ3v) is 4.39. The number of nitriles is 1. The van der Waals surface area contributed by atoms with Crippen LogP contribution in [0, 0.1) is 28.6 Å². The van der Waals surface area contributed by atoms with Crippen LogP contribution in [-0.2, 0) is 4.79 Å². The van der Waals surface area contributed by atoms with Crippen molar-refractivity contribution >= 4 is 11.9 Å². The minimum absolute atomic E-state index is 0.0478. The van der Waals surface area contributed by atoms with E-state index in [9.17, 15) is 4.79 Å². The number of nitrogens with zero attached hydrogens (tertiary/aromatic N) is 1. The molecule has 0 saturated heterocycles. The van der Waals surface area contributed by atoms with Crippen molar-refractivity contribution in [3.05, 3.63) is 42.0 Å². The maximum absolute atomic E-state index is 12.2. The lowest BCUT2D eigenvalue weighted by molar-refractivity contribution is -0.132. The van der Waals surface area contributed by atoms with Crippen molar-refractivity contribution in [1.82, 2.24) is 0 Å². The van der Waals surface area contributed by atoms with Crippen molar-refractivity contribution in [2.45, 2.75) is 26.7 Å². The normalized spacial score (nSPS) is 24.7. The van der Waals surface area contributed by atoms with Gasteiger partial charge in [-0.25, -0.2) is 0 Å². The van der Waals surface area contributed by atoms with Crippen LogP contribution in [0.25, 0.3) is 6.08 Å². The van der Waals surface area contributed by atoms with Crippen LogP contribution in [0.4, 0.5) is 0 Å². The van der Waals surface area contributed by atoms with E-state index < -0.39 is 0 Å². The van der Waals surface area contributed by atoms with Gasteiger partial charge in [-0.1, -0.05) is 50.3 Å². The molecule has 0 bridgehead atoms. The van der Waals surface area contributed by atoms with E-state index in [1.807, 2.05) is 36.4 Å². The average molecular weight is 253 g/mol. The Morgan fingerprint density at radius 2 is 2.11 bits per heavy atom. The van der Waals surface area contributed by atoms with Gasteiger partial charge in [-0.15, -0.1) is 0 Å². The van der Waals surface area contributed by atoms with Crippen LogP contribution in [0.3, 0.4) is 0 Å². The van der Waals surface area contributed by atoms with Crippen molar-refractivity contribution in [2.24, 2.45) is 17.3 Å². The lowest BCUT2D eigenvalue weighted by Gasteiger charge is -2.50. The van der Waals surface area contributed by atoms with E-state index in [-0.39, 0.29) is 17.1 Å². The minimum atomic E-state index is -0.0478. The van der Waals surface area contributed by atoms with E-state index in [1.165, 1.54) is 0 Å². The van der Waals surface area contributed by atoms with Crippen molar-refractivity contribution in [3.8, 4) is 6.07 Å². The largest absolute Gasteiger partial charge is 0.295 e. The van der Waals surface area contributed by atoms with Crippen LogP contribution in [0.15, 0.2) is 36.4 Å². The van der Waals surface area contributed by atoms with E-state index in [2.05, 4.69) is 19.9 Å². The molecule has 1 fully saturated rings. The summed E-state index contributed by atoms with van der Waals surface area (Å²) in [6.07, 6.45) is 4.96. The van der Waals surface area contributed by atoms with Crippen LogP contribution < -0.4 is 0 Å². The fourth-order valence-corrected chi connectivity index (χ4v) is 2.81. The molecule has 0 N–H and O–H groups in total.